The second kappa shape index (κ2) is 5.85. The number of carboxylic acids is 1. The van der Waals surface area contributed by atoms with Crippen molar-refractivity contribution in [2.24, 2.45) is 5.92 Å². The Morgan fingerprint density at radius 3 is 3.11 bits per heavy atom. The predicted octanol–water partition coefficient (Wildman–Crippen LogP) is 3.13. The van der Waals surface area contributed by atoms with E-state index in [1.54, 1.807) is 0 Å². The molecule has 4 nitrogen and oxygen atoms in total. The van der Waals surface area contributed by atoms with Gasteiger partial charge in [-0.2, -0.15) is 0 Å². The van der Waals surface area contributed by atoms with Crippen LogP contribution in [0.5, 0.6) is 5.75 Å². The van der Waals surface area contributed by atoms with Gasteiger partial charge in [0.05, 0.1) is 12.3 Å². The summed E-state index contributed by atoms with van der Waals surface area (Å²) in [4.78, 5) is 15.0. The highest BCUT2D eigenvalue weighted by atomic mass is 16.5. The third-order valence-corrected chi connectivity index (χ3v) is 3.62. The molecule has 1 aliphatic carbocycles. The van der Waals surface area contributed by atoms with Gasteiger partial charge in [-0.15, -0.1) is 0 Å². The highest BCUT2D eigenvalue weighted by molar-refractivity contribution is 5.90. The first-order valence-electron chi connectivity index (χ1n) is 6.54. The fourth-order valence-electron chi connectivity index (χ4n) is 2.55. The molecule has 0 amide bonds. The molecule has 2 atom stereocenters. The summed E-state index contributed by atoms with van der Waals surface area (Å²) in [6, 6.07) is 1.48. The topological polar surface area (TPSA) is 59.4 Å². The number of carboxylic acid groups (broad SMARTS) is 1. The van der Waals surface area contributed by atoms with Gasteiger partial charge in [0.1, 0.15) is 5.56 Å². The lowest BCUT2D eigenvalue weighted by Crippen LogP contribution is -2.25. The zero-order valence-electron chi connectivity index (χ0n) is 10.6. The van der Waals surface area contributed by atoms with Gasteiger partial charge in [-0.1, -0.05) is 19.8 Å². The van der Waals surface area contributed by atoms with Gasteiger partial charge in [0.25, 0.3) is 0 Å². The first-order valence-corrected chi connectivity index (χ1v) is 6.54. The Morgan fingerprint density at radius 2 is 2.39 bits per heavy atom. The second-order valence-electron chi connectivity index (χ2n) is 4.86. The molecule has 1 saturated carbocycles. The standard InChI is InChI=1S/C14H19NO3/c1-2-10-4-3-5-11(8-10)18-13-9-15-7-6-12(13)14(16)17/h6-7,9-11H,2-5,8H2,1H3,(H,16,17). The molecule has 0 aromatic carbocycles. The lowest BCUT2D eigenvalue weighted by atomic mass is 9.85. The number of pyridine rings is 1. The zero-order chi connectivity index (χ0) is 13.0. The Morgan fingerprint density at radius 1 is 1.56 bits per heavy atom. The Hall–Kier alpha value is -1.58. The minimum atomic E-state index is -0.963. The van der Waals surface area contributed by atoms with Gasteiger partial charge in [-0.3, -0.25) is 4.98 Å². The molecule has 4 heteroatoms. The average Bonchev–Trinajstić information content (AvgIpc) is 2.39. The molecule has 1 heterocycles. The number of carbonyl (C=O) groups is 1. The molecule has 1 aromatic heterocycles. The molecular formula is C14H19NO3. The van der Waals surface area contributed by atoms with Crippen LogP contribution in [0.1, 0.15) is 49.4 Å². The first kappa shape index (κ1) is 12.9. The molecule has 2 unspecified atom stereocenters. The van der Waals surface area contributed by atoms with E-state index in [0.717, 1.165) is 19.3 Å². The molecule has 0 saturated heterocycles. The van der Waals surface area contributed by atoms with Crippen molar-refractivity contribution >= 4 is 5.97 Å². The van der Waals surface area contributed by atoms with E-state index in [2.05, 4.69) is 11.9 Å². The van der Waals surface area contributed by atoms with Crippen LogP contribution in [-0.2, 0) is 0 Å². The quantitative estimate of drug-likeness (QED) is 0.890. The summed E-state index contributed by atoms with van der Waals surface area (Å²) in [6.45, 7) is 2.19. The van der Waals surface area contributed by atoms with Crippen molar-refractivity contribution in [3.8, 4) is 5.75 Å². The molecule has 1 fully saturated rings. The summed E-state index contributed by atoms with van der Waals surface area (Å²) in [6.07, 6.45) is 8.71. The maximum atomic E-state index is 11.1. The van der Waals surface area contributed by atoms with E-state index in [1.165, 1.54) is 31.3 Å². The van der Waals surface area contributed by atoms with Crippen LogP contribution in [0, 0.1) is 5.92 Å². The summed E-state index contributed by atoms with van der Waals surface area (Å²) in [7, 11) is 0. The molecule has 1 aromatic rings. The predicted molar refractivity (Wildman–Crippen MR) is 67.9 cm³/mol. The molecule has 1 N–H and O–H groups in total. The van der Waals surface area contributed by atoms with Crippen molar-refractivity contribution in [2.45, 2.75) is 45.1 Å². The van der Waals surface area contributed by atoms with E-state index in [1.807, 2.05) is 0 Å². The van der Waals surface area contributed by atoms with Crippen LogP contribution < -0.4 is 4.74 Å². The molecule has 0 bridgehead atoms. The SMILES string of the molecule is CCC1CCCC(Oc2cnccc2C(=O)O)C1. The molecule has 1 aliphatic rings. The Balaban J connectivity index is 2.07. The lowest BCUT2D eigenvalue weighted by Gasteiger charge is -2.29. The Labute approximate surface area is 107 Å². The highest BCUT2D eigenvalue weighted by Crippen LogP contribution is 2.30. The monoisotopic (exact) mass is 249 g/mol. The highest BCUT2D eigenvalue weighted by Gasteiger charge is 2.23. The van der Waals surface area contributed by atoms with Gasteiger partial charge in [-0.25, -0.2) is 4.79 Å². The van der Waals surface area contributed by atoms with Crippen LogP contribution in [0.3, 0.4) is 0 Å². The van der Waals surface area contributed by atoms with E-state index in [-0.39, 0.29) is 11.7 Å². The lowest BCUT2D eigenvalue weighted by molar-refractivity contribution is 0.0681. The fourth-order valence-corrected chi connectivity index (χ4v) is 2.55. The molecule has 18 heavy (non-hydrogen) atoms. The number of rotatable bonds is 4. The average molecular weight is 249 g/mol. The van der Waals surface area contributed by atoms with Crippen LogP contribution >= 0.6 is 0 Å². The summed E-state index contributed by atoms with van der Waals surface area (Å²) in [5.41, 5.74) is 0.198. The van der Waals surface area contributed by atoms with Gasteiger partial charge in [0, 0.05) is 6.20 Å². The fraction of sp³-hybridized carbons (Fsp3) is 0.571. The summed E-state index contributed by atoms with van der Waals surface area (Å²) < 4.78 is 5.84. The zero-order valence-corrected chi connectivity index (χ0v) is 10.6. The molecule has 98 valence electrons. The van der Waals surface area contributed by atoms with Crippen molar-refractivity contribution in [3.05, 3.63) is 24.0 Å². The second-order valence-corrected chi connectivity index (χ2v) is 4.86. The maximum Gasteiger partial charge on any atom is 0.339 e. The minimum Gasteiger partial charge on any atom is -0.488 e. The first-order chi connectivity index (χ1) is 8.70. The van der Waals surface area contributed by atoms with Gasteiger partial charge in [-0.05, 0) is 31.2 Å². The van der Waals surface area contributed by atoms with Crippen LogP contribution in [0.25, 0.3) is 0 Å². The van der Waals surface area contributed by atoms with Gasteiger partial charge in [0.15, 0.2) is 5.75 Å². The number of hydrogen-bond acceptors (Lipinski definition) is 3. The Kier molecular flexibility index (Phi) is 4.18. The molecule has 2 rings (SSSR count). The number of nitrogens with zero attached hydrogens (tertiary/aromatic N) is 1. The normalized spacial score (nSPS) is 23.6. The number of ether oxygens (including phenoxy) is 1. The number of aromatic carboxylic acids is 1. The summed E-state index contributed by atoms with van der Waals surface area (Å²) in [5.74, 6) is 0.135. The van der Waals surface area contributed by atoms with Crippen molar-refractivity contribution in [1.29, 1.82) is 0 Å². The van der Waals surface area contributed by atoms with E-state index >= 15 is 0 Å². The summed E-state index contributed by atoms with van der Waals surface area (Å²) in [5, 5.41) is 9.09. The number of aromatic nitrogens is 1. The van der Waals surface area contributed by atoms with Crippen molar-refractivity contribution in [3.63, 3.8) is 0 Å². The Bertz CT molecular complexity index is 419. The molecule has 0 radical (unpaired) electrons. The van der Waals surface area contributed by atoms with Crippen LogP contribution in [-0.4, -0.2) is 22.2 Å². The van der Waals surface area contributed by atoms with Crippen molar-refractivity contribution in [2.75, 3.05) is 0 Å². The van der Waals surface area contributed by atoms with E-state index < -0.39 is 5.97 Å². The molecule has 0 spiro atoms. The summed E-state index contributed by atoms with van der Waals surface area (Å²) >= 11 is 0. The largest absolute Gasteiger partial charge is 0.488 e. The van der Waals surface area contributed by atoms with Gasteiger partial charge < -0.3 is 9.84 Å². The smallest absolute Gasteiger partial charge is 0.339 e. The number of hydrogen-bond donors (Lipinski definition) is 1. The van der Waals surface area contributed by atoms with Crippen molar-refractivity contribution < 1.29 is 14.6 Å². The van der Waals surface area contributed by atoms with E-state index in [4.69, 9.17) is 9.84 Å². The van der Waals surface area contributed by atoms with E-state index in [0.29, 0.717) is 11.7 Å². The third-order valence-electron chi connectivity index (χ3n) is 3.62. The molecular weight excluding hydrogens is 230 g/mol. The third kappa shape index (κ3) is 3.00. The van der Waals surface area contributed by atoms with E-state index in [9.17, 15) is 4.79 Å². The van der Waals surface area contributed by atoms with Crippen LogP contribution in [0.2, 0.25) is 0 Å². The molecule has 0 aliphatic heterocycles. The van der Waals surface area contributed by atoms with Gasteiger partial charge in [0.2, 0.25) is 0 Å². The minimum absolute atomic E-state index is 0.131. The van der Waals surface area contributed by atoms with Gasteiger partial charge >= 0.3 is 5.97 Å². The van der Waals surface area contributed by atoms with Crippen molar-refractivity contribution in [1.82, 2.24) is 4.98 Å². The van der Waals surface area contributed by atoms with Crippen LogP contribution in [0.15, 0.2) is 18.5 Å². The maximum absolute atomic E-state index is 11.1. The van der Waals surface area contributed by atoms with Crippen LogP contribution in [0.4, 0.5) is 0 Å².